The predicted molar refractivity (Wildman–Crippen MR) is 321 cm³/mol. The zero-order chi connectivity index (χ0) is 50.4. The average molecular weight is 966 g/mol. The molecule has 1 heteroatoms. The highest BCUT2D eigenvalue weighted by molar-refractivity contribution is 6.10. The Kier molecular flexibility index (Phi) is 11.2. The van der Waals surface area contributed by atoms with Gasteiger partial charge >= 0.3 is 0 Å². The molecule has 0 aliphatic heterocycles. The van der Waals surface area contributed by atoms with Gasteiger partial charge in [-0.25, -0.2) is 0 Å². The van der Waals surface area contributed by atoms with Crippen molar-refractivity contribution in [3.05, 3.63) is 332 Å². The molecule has 0 aromatic heterocycles. The van der Waals surface area contributed by atoms with Gasteiger partial charge in [0.15, 0.2) is 0 Å². The van der Waals surface area contributed by atoms with Gasteiger partial charge in [0.2, 0.25) is 0 Å². The van der Waals surface area contributed by atoms with Gasteiger partial charge in [-0.3, -0.25) is 0 Å². The van der Waals surface area contributed by atoms with Crippen molar-refractivity contribution in [1.82, 2.24) is 0 Å². The summed E-state index contributed by atoms with van der Waals surface area (Å²) >= 11 is 0. The first-order valence-corrected chi connectivity index (χ1v) is 26.3. The van der Waals surface area contributed by atoms with E-state index < -0.39 is 5.41 Å². The standard InChI is InChI=1S/C75H51N/c1-5-25-53(26-6-1)61-50-49-56(60-41-21-30-52-29-13-14-37-59(52)60)51-72(61)76(70-47-19-16-38-63(70)65-43-23-32-55-31-22-42-62(73(55)65)54-27-7-2-8-28-54)71-48-20-17-39-64(71)66-44-24-46-69-74(66)67-40-15-18-45-68(67)75(69,57-33-9-3-10-34-57)58-35-11-4-12-36-58/h1-51H. The highest BCUT2D eigenvalue weighted by Crippen LogP contribution is 2.60. The van der Waals surface area contributed by atoms with Crippen LogP contribution in [0.15, 0.2) is 309 Å². The monoisotopic (exact) mass is 965 g/mol. The molecule has 76 heavy (non-hydrogen) atoms. The second-order valence-corrected chi connectivity index (χ2v) is 19.8. The minimum atomic E-state index is -0.552. The summed E-state index contributed by atoms with van der Waals surface area (Å²) in [7, 11) is 0. The number of benzene rings is 13. The van der Waals surface area contributed by atoms with Crippen molar-refractivity contribution < 1.29 is 0 Å². The van der Waals surface area contributed by atoms with Crippen molar-refractivity contribution >= 4 is 38.6 Å². The summed E-state index contributed by atoms with van der Waals surface area (Å²) in [6.45, 7) is 0. The Hall–Kier alpha value is -9.82. The quantitative estimate of drug-likeness (QED) is 0.132. The van der Waals surface area contributed by atoms with E-state index in [1.165, 1.54) is 82.7 Å². The molecule has 0 saturated carbocycles. The molecule has 0 amide bonds. The molecule has 0 unspecified atom stereocenters. The van der Waals surface area contributed by atoms with E-state index in [-0.39, 0.29) is 0 Å². The lowest BCUT2D eigenvalue weighted by molar-refractivity contribution is 0.768. The zero-order valence-electron chi connectivity index (χ0n) is 41.9. The van der Waals surface area contributed by atoms with Crippen LogP contribution < -0.4 is 4.90 Å². The van der Waals surface area contributed by atoms with Crippen LogP contribution >= 0.6 is 0 Å². The number of para-hydroxylation sites is 2. The Morgan fingerprint density at radius 2 is 0.684 bits per heavy atom. The molecule has 0 N–H and O–H groups in total. The second-order valence-electron chi connectivity index (χ2n) is 19.8. The number of rotatable bonds is 10. The van der Waals surface area contributed by atoms with Crippen LogP contribution in [-0.2, 0) is 5.41 Å². The van der Waals surface area contributed by atoms with Gasteiger partial charge in [-0.05, 0) is 112 Å². The Morgan fingerprint density at radius 1 is 0.237 bits per heavy atom. The third kappa shape index (κ3) is 7.31. The second kappa shape index (κ2) is 18.9. The van der Waals surface area contributed by atoms with Crippen molar-refractivity contribution in [1.29, 1.82) is 0 Å². The molecule has 0 heterocycles. The van der Waals surface area contributed by atoms with Crippen LogP contribution in [0.25, 0.3) is 88.3 Å². The van der Waals surface area contributed by atoms with Crippen molar-refractivity contribution in [3.63, 3.8) is 0 Å². The highest BCUT2D eigenvalue weighted by atomic mass is 15.2. The largest absolute Gasteiger partial charge is 0.309 e. The summed E-state index contributed by atoms with van der Waals surface area (Å²) in [5.74, 6) is 0. The van der Waals surface area contributed by atoms with Crippen LogP contribution in [0.5, 0.6) is 0 Å². The topological polar surface area (TPSA) is 3.24 Å². The fourth-order valence-corrected chi connectivity index (χ4v) is 12.5. The molecule has 13 aromatic carbocycles. The molecule has 0 spiro atoms. The summed E-state index contributed by atoms with van der Waals surface area (Å²) < 4.78 is 0. The van der Waals surface area contributed by atoms with Crippen LogP contribution in [0.4, 0.5) is 17.1 Å². The van der Waals surface area contributed by atoms with Gasteiger partial charge in [0.25, 0.3) is 0 Å². The van der Waals surface area contributed by atoms with E-state index in [0.717, 1.165) is 44.9 Å². The van der Waals surface area contributed by atoms with E-state index in [9.17, 15) is 0 Å². The molecular weight excluding hydrogens is 915 g/mol. The molecule has 0 bridgehead atoms. The van der Waals surface area contributed by atoms with Gasteiger partial charge in [-0.2, -0.15) is 0 Å². The lowest BCUT2D eigenvalue weighted by atomic mass is 9.67. The van der Waals surface area contributed by atoms with Crippen molar-refractivity contribution in [2.75, 3.05) is 4.90 Å². The number of hydrogen-bond donors (Lipinski definition) is 0. The molecule has 1 aliphatic rings. The molecule has 356 valence electrons. The molecule has 14 rings (SSSR count). The van der Waals surface area contributed by atoms with Crippen LogP contribution in [0.3, 0.4) is 0 Å². The van der Waals surface area contributed by atoms with Gasteiger partial charge in [-0.1, -0.05) is 291 Å². The predicted octanol–water partition coefficient (Wildman–Crippen LogP) is 20.2. The average Bonchev–Trinajstić information content (AvgIpc) is 4.02. The summed E-state index contributed by atoms with van der Waals surface area (Å²) in [5.41, 5.74) is 21.9. The Bertz CT molecular complexity index is 4220. The van der Waals surface area contributed by atoms with Gasteiger partial charge in [0.05, 0.1) is 22.5 Å². The van der Waals surface area contributed by atoms with E-state index in [1.807, 2.05) is 0 Å². The third-order valence-electron chi connectivity index (χ3n) is 15.8. The van der Waals surface area contributed by atoms with E-state index >= 15 is 0 Å². The molecule has 1 nitrogen and oxygen atoms in total. The lowest BCUT2D eigenvalue weighted by Gasteiger charge is -2.34. The minimum Gasteiger partial charge on any atom is -0.309 e. The summed E-state index contributed by atoms with van der Waals surface area (Å²) in [5, 5.41) is 4.85. The number of hydrogen-bond acceptors (Lipinski definition) is 1. The first-order chi connectivity index (χ1) is 37.8. The Labute approximate surface area is 444 Å². The van der Waals surface area contributed by atoms with Crippen molar-refractivity contribution in [2.45, 2.75) is 5.41 Å². The fourth-order valence-electron chi connectivity index (χ4n) is 12.5. The third-order valence-corrected chi connectivity index (χ3v) is 15.8. The summed E-state index contributed by atoms with van der Waals surface area (Å²) in [4.78, 5) is 2.58. The van der Waals surface area contributed by atoms with E-state index in [4.69, 9.17) is 0 Å². The summed E-state index contributed by atoms with van der Waals surface area (Å²) in [6.07, 6.45) is 0. The van der Waals surface area contributed by atoms with Gasteiger partial charge in [0.1, 0.15) is 0 Å². The van der Waals surface area contributed by atoms with Crippen LogP contribution in [0, 0.1) is 0 Å². The van der Waals surface area contributed by atoms with Crippen LogP contribution in [0.1, 0.15) is 22.3 Å². The molecular formula is C75H51N. The molecule has 13 aromatic rings. The molecule has 0 saturated heterocycles. The van der Waals surface area contributed by atoms with Gasteiger partial charge in [0, 0.05) is 16.7 Å². The Morgan fingerprint density at radius 3 is 1.36 bits per heavy atom. The summed E-state index contributed by atoms with van der Waals surface area (Å²) in [6, 6.07) is 114. The molecule has 0 radical (unpaired) electrons. The number of fused-ring (bicyclic) bond motifs is 5. The first kappa shape index (κ1) is 44.8. The minimum absolute atomic E-state index is 0.552. The molecule has 0 atom stereocenters. The van der Waals surface area contributed by atoms with Crippen LogP contribution in [0.2, 0.25) is 0 Å². The fraction of sp³-hybridized carbons (Fsp3) is 0.0133. The maximum Gasteiger partial charge on any atom is 0.0713 e. The van der Waals surface area contributed by atoms with Gasteiger partial charge in [-0.15, -0.1) is 0 Å². The maximum absolute atomic E-state index is 2.58. The van der Waals surface area contributed by atoms with E-state index in [1.54, 1.807) is 0 Å². The number of anilines is 3. The lowest BCUT2D eigenvalue weighted by Crippen LogP contribution is -2.28. The normalized spacial score (nSPS) is 12.3. The molecule has 1 aliphatic carbocycles. The first-order valence-electron chi connectivity index (χ1n) is 26.3. The zero-order valence-corrected chi connectivity index (χ0v) is 41.9. The van der Waals surface area contributed by atoms with Crippen molar-refractivity contribution in [2.24, 2.45) is 0 Å². The molecule has 0 fully saturated rings. The smallest absolute Gasteiger partial charge is 0.0713 e. The van der Waals surface area contributed by atoms with E-state index in [2.05, 4.69) is 314 Å². The van der Waals surface area contributed by atoms with Crippen molar-refractivity contribution in [3.8, 4) is 66.8 Å². The van der Waals surface area contributed by atoms with Gasteiger partial charge < -0.3 is 4.90 Å². The number of nitrogens with zero attached hydrogens (tertiary/aromatic N) is 1. The SMILES string of the molecule is c1ccc(-c2ccc(-c3cccc4ccccc34)cc2N(c2ccccc2-c2cccc3c2-c2ccccc2C3(c2ccccc2)c2ccccc2)c2ccccc2-c2cccc3cccc(-c4ccccc4)c23)cc1. The van der Waals surface area contributed by atoms with Crippen LogP contribution in [-0.4, -0.2) is 0 Å². The highest BCUT2D eigenvalue weighted by Gasteiger charge is 2.47. The Balaban J connectivity index is 1.09. The van der Waals surface area contributed by atoms with E-state index in [0.29, 0.717) is 0 Å². The maximum atomic E-state index is 2.58.